The SMILES string of the molecule is Cn1c2c(c(=O)n(C)c1=O)C1(C(=O)N(Cc3ccc(F)cc3)c3ccccc31)C(C#N)=C(N)O2. The molecule has 1 atom stereocenters. The molecule has 3 aromatic rings. The number of nitrogens with two attached hydrogens (primary N) is 1. The van der Waals surface area contributed by atoms with Crippen molar-refractivity contribution in [3.05, 3.63) is 103 Å². The number of benzene rings is 2. The molecule has 0 radical (unpaired) electrons. The number of aromatic nitrogens is 2. The Kier molecular flexibility index (Phi) is 4.48. The van der Waals surface area contributed by atoms with E-state index in [1.165, 1.54) is 31.1 Å². The zero-order chi connectivity index (χ0) is 24.4. The van der Waals surface area contributed by atoms with Crippen molar-refractivity contribution in [2.24, 2.45) is 19.8 Å². The fourth-order valence-corrected chi connectivity index (χ4v) is 4.74. The number of halogens is 1. The highest BCUT2D eigenvalue weighted by Crippen LogP contribution is 2.54. The second kappa shape index (κ2) is 7.18. The van der Waals surface area contributed by atoms with E-state index >= 15 is 0 Å². The Bertz CT molecular complexity index is 1580. The van der Waals surface area contributed by atoms with Crippen LogP contribution in [0.25, 0.3) is 0 Å². The summed E-state index contributed by atoms with van der Waals surface area (Å²) in [5.74, 6) is -1.59. The number of nitrogens with zero attached hydrogens (tertiary/aromatic N) is 4. The van der Waals surface area contributed by atoms with E-state index in [1.54, 1.807) is 36.4 Å². The summed E-state index contributed by atoms with van der Waals surface area (Å²) >= 11 is 0. The van der Waals surface area contributed by atoms with Crippen LogP contribution in [0, 0.1) is 17.1 Å². The lowest BCUT2D eigenvalue weighted by Gasteiger charge is -2.34. The smallest absolute Gasteiger partial charge is 0.333 e. The molecule has 0 aliphatic carbocycles. The molecule has 1 amide bonds. The maximum atomic E-state index is 14.3. The van der Waals surface area contributed by atoms with Crippen molar-refractivity contribution in [2.75, 3.05) is 4.90 Å². The first kappa shape index (κ1) is 21.2. The Balaban J connectivity index is 1.87. The molecular weight excluding hydrogens is 441 g/mol. The molecule has 1 aromatic heterocycles. The van der Waals surface area contributed by atoms with Gasteiger partial charge in [0.1, 0.15) is 23.0 Å². The highest BCUT2D eigenvalue weighted by Gasteiger charge is 2.61. The van der Waals surface area contributed by atoms with Gasteiger partial charge < -0.3 is 15.4 Å². The second-order valence-electron chi connectivity index (χ2n) is 8.12. The third-order valence-electron chi connectivity index (χ3n) is 6.34. The molecule has 170 valence electrons. The van der Waals surface area contributed by atoms with Gasteiger partial charge in [0.15, 0.2) is 5.41 Å². The highest BCUT2D eigenvalue weighted by molar-refractivity contribution is 6.14. The zero-order valence-electron chi connectivity index (χ0n) is 18.2. The van der Waals surface area contributed by atoms with Crippen molar-refractivity contribution in [1.29, 1.82) is 5.26 Å². The number of hydrogen-bond acceptors (Lipinski definition) is 6. The molecule has 0 bridgehead atoms. The summed E-state index contributed by atoms with van der Waals surface area (Å²) in [4.78, 5) is 41.7. The lowest BCUT2D eigenvalue weighted by Crippen LogP contribution is -2.52. The number of hydrogen-bond donors (Lipinski definition) is 1. The Morgan fingerprint density at radius 1 is 1.06 bits per heavy atom. The summed E-state index contributed by atoms with van der Waals surface area (Å²) in [5, 5.41) is 10.1. The van der Waals surface area contributed by atoms with E-state index in [1.807, 2.05) is 6.07 Å². The monoisotopic (exact) mass is 459 g/mol. The van der Waals surface area contributed by atoms with Gasteiger partial charge in [-0.05, 0) is 23.8 Å². The molecule has 34 heavy (non-hydrogen) atoms. The van der Waals surface area contributed by atoms with Gasteiger partial charge in [-0.2, -0.15) is 5.26 Å². The van der Waals surface area contributed by atoms with Crippen molar-refractivity contribution in [3.63, 3.8) is 0 Å². The lowest BCUT2D eigenvalue weighted by atomic mass is 9.69. The summed E-state index contributed by atoms with van der Waals surface area (Å²) in [6, 6.07) is 14.4. The first-order chi connectivity index (χ1) is 16.2. The van der Waals surface area contributed by atoms with Gasteiger partial charge in [-0.1, -0.05) is 30.3 Å². The molecule has 2 aliphatic heterocycles. The summed E-state index contributed by atoms with van der Waals surface area (Å²) < 4.78 is 21.0. The lowest BCUT2D eigenvalue weighted by molar-refractivity contribution is -0.121. The van der Waals surface area contributed by atoms with E-state index in [0.29, 0.717) is 16.8 Å². The first-order valence-corrected chi connectivity index (χ1v) is 10.3. The van der Waals surface area contributed by atoms with Crippen LogP contribution in [0.5, 0.6) is 5.88 Å². The normalized spacial score (nSPS) is 18.5. The average molecular weight is 459 g/mol. The van der Waals surface area contributed by atoms with Crippen LogP contribution in [-0.2, 0) is 30.8 Å². The van der Waals surface area contributed by atoms with Crippen LogP contribution in [0.2, 0.25) is 0 Å². The summed E-state index contributed by atoms with van der Waals surface area (Å²) in [7, 11) is 2.68. The molecule has 2 aliphatic rings. The third kappa shape index (κ3) is 2.55. The summed E-state index contributed by atoms with van der Waals surface area (Å²) in [6.07, 6.45) is 0. The second-order valence-corrected chi connectivity index (χ2v) is 8.12. The number of carbonyl (C=O) groups excluding carboxylic acids is 1. The number of rotatable bonds is 2. The van der Waals surface area contributed by atoms with Crippen LogP contribution in [0.15, 0.2) is 69.6 Å². The number of amides is 1. The van der Waals surface area contributed by atoms with E-state index in [0.717, 1.165) is 9.13 Å². The maximum Gasteiger partial charge on any atom is 0.333 e. The molecule has 1 unspecified atom stereocenters. The van der Waals surface area contributed by atoms with Crippen LogP contribution in [-0.4, -0.2) is 15.0 Å². The van der Waals surface area contributed by atoms with Crippen LogP contribution in [0.4, 0.5) is 10.1 Å². The van der Waals surface area contributed by atoms with Gasteiger partial charge in [-0.15, -0.1) is 0 Å². The fraction of sp³-hybridized carbons (Fsp3) is 0.167. The number of para-hydroxylation sites is 1. The van der Waals surface area contributed by atoms with E-state index in [9.17, 15) is 24.0 Å². The van der Waals surface area contributed by atoms with Gasteiger partial charge in [0, 0.05) is 25.3 Å². The average Bonchev–Trinajstić information content (AvgIpc) is 3.06. The number of carbonyl (C=O) groups is 1. The van der Waals surface area contributed by atoms with Crippen LogP contribution in [0.1, 0.15) is 16.7 Å². The molecule has 0 saturated heterocycles. The van der Waals surface area contributed by atoms with Crippen LogP contribution < -0.4 is 26.6 Å². The van der Waals surface area contributed by atoms with Gasteiger partial charge in [-0.3, -0.25) is 18.7 Å². The zero-order valence-corrected chi connectivity index (χ0v) is 18.2. The van der Waals surface area contributed by atoms with Gasteiger partial charge >= 0.3 is 5.69 Å². The van der Waals surface area contributed by atoms with Crippen molar-refractivity contribution in [2.45, 2.75) is 12.0 Å². The Hall–Kier alpha value is -4.65. The molecule has 5 rings (SSSR count). The molecule has 2 aromatic carbocycles. The van der Waals surface area contributed by atoms with Gasteiger partial charge in [0.05, 0.1) is 6.54 Å². The predicted molar refractivity (Wildman–Crippen MR) is 119 cm³/mol. The van der Waals surface area contributed by atoms with Gasteiger partial charge in [0.25, 0.3) is 5.56 Å². The Morgan fingerprint density at radius 2 is 1.74 bits per heavy atom. The maximum absolute atomic E-state index is 14.3. The molecule has 0 saturated carbocycles. The van der Waals surface area contributed by atoms with E-state index < -0.39 is 28.4 Å². The number of fused-ring (bicyclic) bond motifs is 4. The van der Waals surface area contributed by atoms with Crippen LogP contribution >= 0.6 is 0 Å². The minimum absolute atomic E-state index is 0.0543. The molecule has 9 nitrogen and oxygen atoms in total. The summed E-state index contributed by atoms with van der Waals surface area (Å²) in [6.45, 7) is 0.0543. The topological polar surface area (TPSA) is 123 Å². The fourth-order valence-electron chi connectivity index (χ4n) is 4.74. The minimum Gasteiger partial charge on any atom is -0.423 e. The minimum atomic E-state index is -1.91. The molecule has 2 N–H and O–H groups in total. The number of ether oxygens (including phenoxy) is 1. The molecule has 3 heterocycles. The molecule has 10 heteroatoms. The molecule has 1 spiro atoms. The van der Waals surface area contributed by atoms with Crippen molar-refractivity contribution >= 4 is 11.6 Å². The van der Waals surface area contributed by atoms with Crippen molar-refractivity contribution in [3.8, 4) is 11.9 Å². The van der Waals surface area contributed by atoms with Crippen LogP contribution in [0.3, 0.4) is 0 Å². The number of nitriles is 1. The Labute approximate surface area is 192 Å². The van der Waals surface area contributed by atoms with E-state index in [2.05, 4.69) is 0 Å². The quantitative estimate of drug-likeness (QED) is 0.613. The Morgan fingerprint density at radius 3 is 2.41 bits per heavy atom. The first-order valence-electron chi connectivity index (χ1n) is 10.3. The number of anilines is 1. The third-order valence-corrected chi connectivity index (χ3v) is 6.34. The van der Waals surface area contributed by atoms with Crippen molar-refractivity contribution in [1.82, 2.24) is 9.13 Å². The predicted octanol–water partition coefficient (Wildman–Crippen LogP) is 1.14. The molecular formula is C24H18FN5O4. The molecule has 0 fully saturated rings. The van der Waals surface area contributed by atoms with E-state index in [-0.39, 0.29) is 29.4 Å². The van der Waals surface area contributed by atoms with Crippen molar-refractivity contribution < 1.29 is 13.9 Å². The highest BCUT2D eigenvalue weighted by atomic mass is 19.1. The van der Waals surface area contributed by atoms with E-state index in [4.69, 9.17) is 10.5 Å². The largest absolute Gasteiger partial charge is 0.423 e. The summed E-state index contributed by atoms with van der Waals surface area (Å²) in [5.41, 5.74) is 3.79. The van der Waals surface area contributed by atoms with Gasteiger partial charge in [-0.25, -0.2) is 9.18 Å². The van der Waals surface area contributed by atoms with Gasteiger partial charge in [0.2, 0.25) is 17.7 Å². The standard InChI is InChI=1S/C24H18FN5O4/c1-28-20(31)18-21(29(2)23(28)33)34-19(27)16(11-26)24(18)15-5-3-4-6-17(15)30(22(24)32)12-13-7-9-14(25)10-8-13/h3-10H,12,27H2,1-2H3.